The lowest BCUT2D eigenvalue weighted by Gasteiger charge is -2.09. The van der Waals surface area contributed by atoms with E-state index in [9.17, 15) is 4.39 Å². The second kappa shape index (κ2) is 9.87. The Hall–Kier alpha value is -5.47. The van der Waals surface area contributed by atoms with Gasteiger partial charge in [-0.05, 0) is 80.0 Å². The van der Waals surface area contributed by atoms with Gasteiger partial charge in [0.1, 0.15) is 17.0 Å². The molecule has 0 unspecified atom stereocenters. The van der Waals surface area contributed by atoms with Crippen molar-refractivity contribution in [1.29, 1.82) is 0 Å². The molecule has 7 aromatic carbocycles. The van der Waals surface area contributed by atoms with Gasteiger partial charge in [0.25, 0.3) is 0 Å². The topological polar surface area (TPSA) is 13.1 Å². The van der Waals surface area contributed by atoms with Crippen molar-refractivity contribution in [2.75, 3.05) is 0 Å². The molecule has 0 aliphatic rings. The number of rotatable bonds is 4. The summed E-state index contributed by atoms with van der Waals surface area (Å²) in [5.41, 5.74) is 10.9. The Balaban J connectivity index is 1.07. The van der Waals surface area contributed by atoms with Crippen molar-refractivity contribution < 1.29 is 8.81 Å². The Labute approximate surface area is 243 Å². The standard InChI is InChI=1S/C40H25FO/c41-35-22-20-27(21-23-35)26-8-10-28(11-9-26)31-16-18-34-25-32(17-19-33(34)24-31)29-12-14-30(15-13-29)36-5-3-6-38-37-4-1-2-7-39(37)42-40(36)38/h1-25H. The third kappa shape index (κ3) is 4.25. The predicted octanol–water partition coefficient (Wildman–Crippen LogP) is 11.5. The molecule has 8 rings (SSSR count). The Morgan fingerprint density at radius 3 is 1.48 bits per heavy atom. The van der Waals surface area contributed by atoms with Gasteiger partial charge in [0.2, 0.25) is 0 Å². The molecule has 0 amide bonds. The smallest absolute Gasteiger partial charge is 0.143 e. The van der Waals surface area contributed by atoms with E-state index in [1.54, 1.807) is 0 Å². The zero-order valence-corrected chi connectivity index (χ0v) is 22.7. The highest BCUT2D eigenvalue weighted by atomic mass is 19.1. The highest BCUT2D eigenvalue weighted by Crippen LogP contribution is 2.37. The molecule has 0 fully saturated rings. The molecule has 0 saturated carbocycles. The third-order valence-corrected chi connectivity index (χ3v) is 8.17. The maximum absolute atomic E-state index is 13.3. The second-order valence-corrected chi connectivity index (χ2v) is 10.7. The van der Waals surface area contributed by atoms with Crippen molar-refractivity contribution in [2.45, 2.75) is 0 Å². The van der Waals surface area contributed by atoms with Crippen molar-refractivity contribution in [2.24, 2.45) is 0 Å². The number of hydrogen-bond acceptors (Lipinski definition) is 1. The van der Waals surface area contributed by atoms with E-state index >= 15 is 0 Å². The minimum Gasteiger partial charge on any atom is -0.455 e. The summed E-state index contributed by atoms with van der Waals surface area (Å²) in [7, 11) is 0. The van der Waals surface area contributed by atoms with Crippen LogP contribution >= 0.6 is 0 Å². The summed E-state index contributed by atoms with van der Waals surface area (Å²) in [5, 5.41) is 4.69. The molecular weight excluding hydrogens is 515 g/mol. The SMILES string of the molecule is Fc1ccc(-c2ccc(-c3ccc4cc(-c5ccc(-c6cccc7c6oc6ccccc67)cc5)ccc4c3)cc2)cc1. The van der Waals surface area contributed by atoms with Gasteiger partial charge < -0.3 is 4.42 Å². The first kappa shape index (κ1) is 24.3. The zero-order chi connectivity index (χ0) is 28.0. The summed E-state index contributed by atoms with van der Waals surface area (Å²) in [5.74, 6) is -0.219. The Bertz CT molecular complexity index is 2220. The van der Waals surface area contributed by atoms with Crippen molar-refractivity contribution in [3.8, 4) is 44.5 Å². The van der Waals surface area contributed by atoms with Crippen LogP contribution in [0.5, 0.6) is 0 Å². The molecule has 0 bridgehead atoms. The molecule has 0 atom stereocenters. The van der Waals surface area contributed by atoms with E-state index in [0.717, 1.165) is 49.8 Å². The summed E-state index contributed by atoms with van der Waals surface area (Å²) in [6.45, 7) is 0. The first-order valence-electron chi connectivity index (χ1n) is 14.1. The molecule has 1 nitrogen and oxygen atoms in total. The highest BCUT2D eigenvalue weighted by molar-refractivity contribution is 6.09. The Kier molecular flexibility index (Phi) is 5.72. The molecule has 0 saturated heterocycles. The summed E-state index contributed by atoms with van der Waals surface area (Å²) < 4.78 is 19.6. The third-order valence-electron chi connectivity index (χ3n) is 8.17. The molecule has 1 aromatic heterocycles. The van der Waals surface area contributed by atoms with Crippen LogP contribution in [0.3, 0.4) is 0 Å². The molecule has 0 aliphatic heterocycles. The van der Waals surface area contributed by atoms with E-state index in [4.69, 9.17) is 4.42 Å². The van der Waals surface area contributed by atoms with Gasteiger partial charge in [0.05, 0.1) is 0 Å². The Morgan fingerprint density at radius 1 is 0.381 bits per heavy atom. The highest BCUT2D eigenvalue weighted by Gasteiger charge is 2.12. The fraction of sp³-hybridized carbons (Fsp3) is 0. The van der Waals surface area contributed by atoms with Gasteiger partial charge in [-0.15, -0.1) is 0 Å². The summed E-state index contributed by atoms with van der Waals surface area (Å²) >= 11 is 0. The van der Waals surface area contributed by atoms with E-state index < -0.39 is 0 Å². The Morgan fingerprint density at radius 2 is 0.857 bits per heavy atom. The summed E-state index contributed by atoms with van der Waals surface area (Å²) in [4.78, 5) is 0. The lowest BCUT2D eigenvalue weighted by molar-refractivity contribution is 0.628. The molecule has 0 aliphatic carbocycles. The predicted molar refractivity (Wildman–Crippen MR) is 173 cm³/mol. The number of fused-ring (bicyclic) bond motifs is 4. The second-order valence-electron chi connectivity index (χ2n) is 10.7. The number of furan rings is 1. The van der Waals surface area contributed by atoms with Crippen molar-refractivity contribution in [1.82, 2.24) is 0 Å². The molecule has 0 radical (unpaired) electrons. The van der Waals surface area contributed by atoms with Crippen molar-refractivity contribution >= 4 is 32.7 Å². The van der Waals surface area contributed by atoms with Crippen LogP contribution in [-0.4, -0.2) is 0 Å². The van der Waals surface area contributed by atoms with Crippen LogP contribution in [0.25, 0.3) is 77.2 Å². The fourth-order valence-electron chi connectivity index (χ4n) is 5.92. The van der Waals surface area contributed by atoms with Crippen LogP contribution in [0, 0.1) is 5.82 Å². The van der Waals surface area contributed by atoms with Gasteiger partial charge in [-0.2, -0.15) is 0 Å². The van der Waals surface area contributed by atoms with Gasteiger partial charge in [0, 0.05) is 16.3 Å². The van der Waals surface area contributed by atoms with Crippen molar-refractivity contribution in [3.63, 3.8) is 0 Å². The first-order chi connectivity index (χ1) is 20.7. The molecule has 42 heavy (non-hydrogen) atoms. The van der Waals surface area contributed by atoms with Gasteiger partial charge >= 0.3 is 0 Å². The van der Waals surface area contributed by atoms with Crippen LogP contribution in [-0.2, 0) is 0 Å². The largest absolute Gasteiger partial charge is 0.455 e. The van der Waals surface area contributed by atoms with Gasteiger partial charge in [-0.1, -0.05) is 121 Å². The first-order valence-corrected chi connectivity index (χ1v) is 14.1. The zero-order valence-electron chi connectivity index (χ0n) is 22.7. The average molecular weight is 541 g/mol. The quantitative estimate of drug-likeness (QED) is 0.216. The average Bonchev–Trinajstić information content (AvgIpc) is 3.44. The molecule has 2 heteroatoms. The van der Waals surface area contributed by atoms with E-state index in [-0.39, 0.29) is 5.82 Å². The van der Waals surface area contributed by atoms with Crippen LogP contribution < -0.4 is 0 Å². The van der Waals surface area contributed by atoms with E-state index in [1.807, 2.05) is 24.3 Å². The minimum atomic E-state index is -0.219. The molecular formula is C40H25FO. The minimum absolute atomic E-state index is 0.219. The normalized spacial score (nSPS) is 11.5. The number of hydrogen-bond donors (Lipinski definition) is 0. The van der Waals surface area contributed by atoms with Crippen LogP contribution in [0.1, 0.15) is 0 Å². The maximum atomic E-state index is 13.3. The number of benzene rings is 7. The van der Waals surface area contributed by atoms with Crippen LogP contribution in [0.4, 0.5) is 4.39 Å². The monoisotopic (exact) mass is 540 g/mol. The number of para-hydroxylation sites is 2. The molecule has 198 valence electrons. The van der Waals surface area contributed by atoms with Gasteiger partial charge in [-0.25, -0.2) is 4.39 Å². The van der Waals surface area contributed by atoms with Gasteiger partial charge in [-0.3, -0.25) is 0 Å². The van der Waals surface area contributed by atoms with E-state index in [0.29, 0.717) is 0 Å². The van der Waals surface area contributed by atoms with Crippen LogP contribution in [0.15, 0.2) is 156 Å². The number of halogens is 1. The molecule has 8 aromatic rings. The maximum Gasteiger partial charge on any atom is 0.143 e. The van der Waals surface area contributed by atoms with E-state index in [2.05, 4.69) is 115 Å². The fourth-order valence-corrected chi connectivity index (χ4v) is 5.92. The molecule has 1 heterocycles. The summed E-state index contributed by atoms with van der Waals surface area (Å²) in [6.07, 6.45) is 0. The van der Waals surface area contributed by atoms with Crippen molar-refractivity contribution in [3.05, 3.63) is 157 Å². The lowest BCUT2D eigenvalue weighted by atomic mass is 9.95. The van der Waals surface area contributed by atoms with Crippen LogP contribution in [0.2, 0.25) is 0 Å². The molecule has 0 N–H and O–H groups in total. The summed E-state index contributed by atoms with van der Waals surface area (Å²) in [6, 6.07) is 51.6. The van der Waals surface area contributed by atoms with Gasteiger partial charge in [0.15, 0.2) is 0 Å². The van der Waals surface area contributed by atoms with E-state index in [1.165, 1.54) is 39.6 Å². The lowest BCUT2D eigenvalue weighted by Crippen LogP contribution is -1.84. The molecule has 0 spiro atoms.